The maximum atomic E-state index is 13.8. The van der Waals surface area contributed by atoms with Gasteiger partial charge in [0.25, 0.3) is 11.6 Å². The van der Waals surface area contributed by atoms with Gasteiger partial charge < -0.3 is 14.8 Å². The number of benzene rings is 3. The van der Waals surface area contributed by atoms with Crippen molar-refractivity contribution in [1.29, 1.82) is 0 Å². The molecule has 28 heavy (non-hydrogen) atoms. The average molecular weight is 382 g/mol. The molecule has 142 valence electrons. The number of amides is 1. The largest absolute Gasteiger partial charge is 0.481 e. The Labute approximate surface area is 159 Å². The third-order valence-corrected chi connectivity index (χ3v) is 3.62. The molecule has 0 fully saturated rings. The van der Waals surface area contributed by atoms with Crippen LogP contribution in [-0.4, -0.2) is 17.4 Å². The minimum absolute atomic E-state index is 0.255. The number of hydrogen-bond acceptors (Lipinski definition) is 5. The summed E-state index contributed by atoms with van der Waals surface area (Å²) in [6.45, 7) is -0.478. The van der Waals surface area contributed by atoms with Gasteiger partial charge in [-0.2, -0.15) is 0 Å². The van der Waals surface area contributed by atoms with E-state index in [9.17, 15) is 19.3 Å². The fourth-order valence-electron chi connectivity index (χ4n) is 2.32. The molecule has 7 nitrogen and oxygen atoms in total. The minimum Gasteiger partial charge on any atom is -0.481 e. The monoisotopic (exact) mass is 382 g/mol. The van der Waals surface area contributed by atoms with E-state index in [-0.39, 0.29) is 5.75 Å². The third-order valence-electron chi connectivity index (χ3n) is 3.62. The van der Waals surface area contributed by atoms with Crippen LogP contribution in [0.5, 0.6) is 17.2 Å². The van der Waals surface area contributed by atoms with E-state index in [1.165, 1.54) is 0 Å². The Hall–Kier alpha value is -3.94. The van der Waals surface area contributed by atoms with Crippen molar-refractivity contribution in [3.05, 3.63) is 88.7 Å². The molecule has 3 rings (SSSR count). The Morgan fingerprint density at radius 1 is 1.00 bits per heavy atom. The van der Waals surface area contributed by atoms with Gasteiger partial charge in [0.05, 0.1) is 16.7 Å². The van der Waals surface area contributed by atoms with Gasteiger partial charge >= 0.3 is 0 Å². The summed E-state index contributed by atoms with van der Waals surface area (Å²) in [5, 5.41) is 13.2. The summed E-state index contributed by atoms with van der Waals surface area (Å²) in [4.78, 5) is 22.1. The summed E-state index contributed by atoms with van der Waals surface area (Å²) in [6, 6.07) is 18.8. The van der Waals surface area contributed by atoms with Gasteiger partial charge in [0.2, 0.25) is 0 Å². The van der Waals surface area contributed by atoms with Crippen LogP contribution >= 0.6 is 0 Å². The quantitative estimate of drug-likeness (QED) is 0.478. The first-order valence-corrected chi connectivity index (χ1v) is 8.21. The maximum absolute atomic E-state index is 13.8. The SMILES string of the molecule is O=C(COc1ccc([N+](=O)[O-])cc1F)Nc1ccccc1Oc1ccccc1. The Morgan fingerprint density at radius 3 is 2.43 bits per heavy atom. The molecule has 0 spiro atoms. The summed E-state index contributed by atoms with van der Waals surface area (Å²) >= 11 is 0. The first-order valence-electron chi connectivity index (χ1n) is 8.21. The summed E-state index contributed by atoms with van der Waals surface area (Å²) < 4.78 is 24.7. The first-order chi connectivity index (χ1) is 13.5. The van der Waals surface area contributed by atoms with Gasteiger partial charge in [-0.15, -0.1) is 0 Å². The molecule has 0 saturated carbocycles. The van der Waals surface area contributed by atoms with E-state index in [1.807, 2.05) is 18.2 Å². The van der Waals surface area contributed by atoms with Crippen molar-refractivity contribution >= 4 is 17.3 Å². The van der Waals surface area contributed by atoms with Gasteiger partial charge in [-0.05, 0) is 30.3 Å². The number of para-hydroxylation sites is 3. The zero-order chi connectivity index (χ0) is 19.9. The number of rotatable bonds is 7. The number of halogens is 1. The molecular formula is C20H15FN2O5. The maximum Gasteiger partial charge on any atom is 0.272 e. The molecule has 0 aliphatic heterocycles. The number of non-ortho nitro benzene ring substituents is 1. The summed E-state index contributed by atoms with van der Waals surface area (Å²) in [7, 11) is 0. The molecule has 0 aromatic heterocycles. The van der Waals surface area contributed by atoms with Gasteiger partial charge in [-0.3, -0.25) is 14.9 Å². The molecule has 0 saturated heterocycles. The Kier molecular flexibility index (Phi) is 5.81. The highest BCUT2D eigenvalue weighted by Crippen LogP contribution is 2.29. The van der Waals surface area contributed by atoms with Crippen LogP contribution in [0.3, 0.4) is 0 Å². The van der Waals surface area contributed by atoms with Crippen LogP contribution in [0.4, 0.5) is 15.8 Å². The molecule has 0 unspecified atom stereocenters. The zero-order valence-corrected chi connectivity index (χ0v) is 14.5. The lowest BCUT2D eigenvalue weighted by Gasteiger charge is -2.12. The lowest BCUT2D eigenvalue weighted by Crippen LogP contribution is -2.20. The smallest absolute Gasteiger partial charge is 0.272 e. The number of carbonyl (C=O) groups excluding carboxylic acids is 1. The van der Waals surface area contributed by atoms with Crippen molar-refractivity contribution in [3.63, 3.8) is 0 Å². The number of hydrogen-bond donors (Lipinski definition) is 1. The molecule has 0 atom stereocenters. The van der Waals surface area contributed by atoms with Crippen LogP contribution in [0.1, 0.15) is 0 Å². The van der Waals surface area contributed by atoms with Gasteiger partial charge in [-0.25, -0.2) is 4.39 Å². The van der Waals surface area contributed by atoms with E-state index in [1.54, 1.807) is 36.4 Å². The lowest BCUT2D eigenvalue weighted by molar-refractivity contribution is -0.385. The van der Waals surface area contributed by atoms with Crippen molar-refractivity contribution in [2.45, 2.75) is 0 Å². The highest BCUT2D eigenvalue weighted by Gasteiger charge is 2.14. The van der Waals surface area contributed by atoms with Gasteiger partial charge in [0.15, 0.2) is 23.9 Å². The van der Waals surface area contributed by atoms with Crippen LogP contribution in [0.15, 0.2) is 72.8 Å². The van der Waals surface area contributed by atoms with E-state index in [4.69, 9.17) is 9.47 Å². The third kappa shape index (κ3) is 4.82. The Balaban J connectivity index is 1.63. The van der Waals surface area contributed by atoms with Crippen molar-refractivity contribution < 1.29 is 23.6 Å². The van der Waals surface area contributed by atoms with Gasteiger partial charge in [0, 0.05) is 6.07 Å². The number of ether oxygens (including phenoxy) is 2. The highest BCUT2D eigenvalue weighted by molar-refractivity contribution is 5.93. The fourth-order valence-corrected chi connectivity index (χ4v) is 2.32. The number of nitrogens with zero attached hydrogens (tertiary/aromatic N) is 1. The van der Waals surface area contributed by atoms with Crippen LogP contribution in [-0.2, 0) is 4.79 Å². The van der Waals surface area contributed by atoms with Gasteiger partial charge in [0.1, 0.15) is 5.75 Å². The molecule has 3 aromatic carbocycles. The number of nitro benzene ring substituents is 1. The molecule has 0 radical (unpaired) electrons. The number of anilines is 1. The molecule has 0 aliphatic carbocycles. The molecule has 8 heteroatoms. The predicted molar refractivity (Wildman–Crippen MR) is 100 cm³/mol. The standard InChI is InChI=1S/C20H15FN2O5/c21-16-12-14(23(25)26)10-11-18(16)27-13-20(24)22-17-8-4-5-9-19(17)28-15-6-2-1-3-7-15/h1-12H,13H2,(H,22,24). The molecule has 1 N–H and O–H groups in total. The summed E-state index contributed by atoms with van der Waals surface area (Å²) in [5.74, 6) is -0.678. The first kappa shape index (κ1) is 18.8. The summed E-state index contributed by atoms with van der Waals surface area (Å²) in [5.41, 5.74) is 0.0189. The molecule has 0 aliphatic rings. The molecule has 0 bridgehead atoms. The van der Waals surface area contributed by atoms with Crippen LogP contribution < -0.4 is 14.8 Å². The Morgan fingerprint density at radius 2 is 1.71 bits per heavy atom. The van der Waals surface area contributed by atoms with E-state index < -0.39 is 28.9 Å². The van der Waals surface area contributed by atoms with E-state index in [2.05, 4.69) is 5.32 Å². The minimum atomic E-state index is -0.921. The van der Waals surface area contributed by atoms with Gasteiger partial charge in [-0.1, -0.05) is 30.3 Å². The second kappa shape index (κ2) is 8.63. The fraction of sp³-hybridized carbons (Fsp3) is 0.0500. The molecule has 0 heterocycles. The second-order valence-electron chi connectivity index (χ2n) is 5.62. The van der Waals surface area contributed by atoms with Crippen molar-refractivity contribution in [2.24, 2.45) is 0 Å². The van der Waals surface area contributed by atoms with E-state index >= 15 is 0 Å². The van der Waals surface area contributed by atoms with E-state index in [0.717, 1.165) is 18.2 Å². The van der Waals surface area contributed by atoms with Crippen LogP contribution in [0.2, 0.25) is 0 Å². The number of nitrogens with one attached hydrogen (secondary N) is 1. The lowest BCUT2D eigenvalue weighted by atomic mass is 10.3. The highest BCUT2D eigenvalue weighted by atomic mass is 19.1. The topological polar surface area (TPSA) is 90.7 Å². The van der Waals surface area contributed by atoms with E-state index in [0.29, 0.717) is 17.2 Å². The number of carbonyl (C=O) groups is 1. The van der Waals surface area contributed by atoms with Crippen molar-refractivity contribution in [2.75, 3.05) is 11.9 Å². The van der Waals surface area contributed by atoms with Crippen molar-refractivity contribution in [3.8, 4) is 17.2 Å². The van der Waals surface area contributed by atoms with Crippen LogP contribution in [0.25, 0.3) is 0 Å². The summed E-state index contributed by atoms with van der Waals surface area (Å²) in [6.07, 6.45) is 0. The molecular weight excluding hydrogens is 367 g/mol. The van der Waals surface area contributed by atoms with Crippen LogP contribution in [0, 0.1) is 15.9 Å². The number of nitro groups is 1. The molecule has 1 amide bonds. The average Bonchev–Trinajstić information content (AvgIpc) is 2.69. The predicted octanol–water partition coefficient (Wildman–Crippen LogP) is 4.54. The van der Waals surface area contributed by atoms with Crippen molar-refractivity contribution in [1.82, 2.24) is 0 Å². The molecule has 3 aromatic rings. The zero-order valence-electron chi connectivity index (χ0n) is 14.5. The second-order valence-corrected chi connectivity index (χ2v) is 5.62. The Bertz CT molecular complexity index is 995. The normalized spacial score (nSPS) is 10.2.